The van der Waals surface area contributed by atoms with Gasteiger partial charge in [0.05, 0.1) is 28.6 Å². The third kappa shape index (κ3) is 3.23. The van der Waals surface area contributed by atoms with Crippen LogP contribution in [0.15, 0.2) is 42.5 Å². The number of rotatable bonds is 5. The van der Waals surface area contributed by atoms with Crippen molar-refractivity contribution in [3.05, 3.63) is 59.4 Å². The fourth-order valence-corrected chi connectivity index (χ4v) is 3.11. The Morgan fingerprint density at radius 2 is 2.00 bits per heavy atom. The highest BCUT2D eigenvalue weighted by Gasteiger charge is 2.11. The van der Waals surface area contributed by atoms with Gasteiger partial charge >= 0.3 is 0 Å². The Kier molecular flexibility index (Phi) is 4.74. The second-order valence-electron chi connectivity index (χ2n) is 5.49. The van der Waals surface area contributed by atoms with E-state index < -0.39 is 11.1 Å². The van der Waals surface area contributed by atoms with Crippen LogP contribution in [0.3, 0.4) is 0 Å². The molecular formula is C18H17N3O2S. The number of fused-ring (bicyclic) bond motifs is 1. The van der Waals surface area contributed by atoms with Gasteiger partial charge in [0.1, 0.15) is 0 Å². The lowest BCUT2D eigenvalue weighted by Gasteiger charge is -2.10. The van der Waals surface area contributed by atoms with Crippen molar-refractivity contribution in [3.63, 3.8) is 0 Å². The Balaban J connectivity index is 2.14. The highest BCUT2D eigenvalue weighted by atomic mass is 32.2. The minimum absolute atomic E-state index is 0.161. The predicted octanol–water partition coefficient (Wildman–Crippen LogP) is 3.20. The standard InChI is InChI=1S/C18H17N3O2S/c1-2-16-7-8-18-17(14-5-3-13(12-19)4-6-14)11-15(20-21(16)18)9-10-24(22)23/h3-8,11H,2,9-10H2,1H3,(H,22,23). The molecule has 1 unspecified atom stereocenters. The molecule has 6 heteroatoms. The molecule has 1 atom stereocenters. The summed E-state index contributed by atoms with van der Waals surface area (Å²) >= 11 is -1.84. The van der Waals surface area contributed by atoms with Crippen LogP contribution < -0.4 is 0 Å². The molecule has 0 saturated carbocycles. The number of benzene rings is 1. The average Bonchev–Trinajstić information content (AvgIpc) is 3.02. The lowest BCUT2D eigenvalue weighted by Crippen LogP contribution is -2.06. The van der Waals surface area contributed by atoms with Crippen LogP contribution in [0.2, 0.25) is 0 Å². The smallest absolute Gasteiger partial charge is 0.153 e. The van der Waals surface area contributed by atoms with Crippen molar-refractivity contribution >= 4 is 16.6 Å². The molecule has 0 radical (unpaired) electrons. The molecule has 24 heavy (non-hydrogen) atoms. The maximum atomic E-state index is 11.0. The number of nitriles is 1. The van der Waals surface area contributed by atoms with Crippen molar-refractivity contribution < 1.29 is 8.76 Å². The Bertz CT molecular complexity index is 939. The molecule has 0 aliphatic rings. The predicted molar refractivity (Wildman–Crippen MR) is 94.1 cm³/mol. The zero-order valence-corrected chi connectivity index (χ0v) is 14.1. The lowest BCUT2D eigenvalue weighted by atomic mass is 10.0. The Labute approximate surface area is 142 Å². The quantitative estimate of drug-likeness (QED) is 0.724. The van der Waals surface area contributed by atoms with Gasteiger partial charge in [-0.25, -0.2) is 8.72 Å². The molecule has 0 aliphatic carbocycles. The summed E-state index contributed by atoms with van der Waals surface area (Å²) in [6.07, 6.45) is 1.28. The van der Waals surface area contributed by atoms with Crippen LogP contribution >= 0.6 is 0 Å². The van der Waals surface area contributed by atoms with Gasteiger partial charge < -0.3 is 4.55 Å². The molecule has 0 aliphatic heterocycles. The number of hydrogen-bond donors (Lipinski definition) is 1. The number of hydrogen-bond acceptors (Lipinski definition) is 3. The first kappa shape index (κ1) is 16.4. The van der Waals surface area contributed by atoms with Crippen molar-refractivity contribution in [2.75, 3.05) is 5.75 Å². The van der Waals surface area contributed by atoms with Crippen molar-refractivity contribution in [2.45, 2.75) is 19.8 Å². The van der Waals surface area contributed by atoms with Crippen LogP contribution in [0, 0.1) is 11.3 Å². The topological polar surface area (TPSA) is 78.4 Å². The van der Waals surface area contributed by atoms with E-state index in [1.165, 1.54) is 0 Å². The molecule has 122 valence electrons. The van der Waals surface area contributed by atoms with Crippen LogP contribution in [0.5, 0.6) is 0 Å². The van der Waals surface area contributed by atoms with Crippen molar-refractivity contribution in [3.8, 4) is 17.2 Å². The summed E-state index contributed by atoms with van der Waals surface area (Å²) in [6, 6.07) is 15.6. The molecule has 0 amide bonds. The third-order valence-electron chi connectivity index (χ3n) is 3.97. The minimum atomic E-state index is -1.84. The number of aryl methyl sites for hydroxylation is 2. The van der Waals surface area contributed by atoms with Crippen molar-refractivity contribution in [1.82, 2.24) is 9.61 Å². The zero-order chi connectivity index (χ0) is 17.1. The Hall–Kier alpha value is -2.49. The van der Waals surface area contributed by atoms with E-state index in [-0.39, 0.29) is 5.75 Å². The molecule has 0 spiro atoms. The number of nitrogens with zero attached hydrogens (tertiary/aromatic N) is 3. The fraction of sp³-hybridized carbons (Fsp3) is 0.222. The van der Waals surface area contributed by atoms with E-state index in [1.54, 1.807) is 12.1 Å². The Morgan fingerprint density at radius 1 is 1.25 bits per heavy atom. The van der Waals surface area contributed by atoms with E-state index in [9.17, 15) is 4.21 Å². The van der Waals surface area contributed by atoms with Gasteiger partial charge in [-0.15, -0.1) is 0 Å². The molecule has 3 aromatic rings. The minimum Gasteiger partial charge on any atom is -0.306 e. The molecule has 0 fully saturated rings. The van der Waals surface area contributed by atoms with E-state index in [1.807, 2.05) is 34.8 Å². The third-order valence-corrected chi connectivity index (χ3v) is 4.52. The SMILES string of the molecule is CCc1ccc2c(-c3ccc(C#N)cc3)cc(CCS(=O)O)nn12. The largest absolute Gasteiger partial charge is 0.306 e. The highest BCUT2D eigenvalue weighted by molar-refractivity contribution is 7.79. The van der Waals surface area contributed by atoms with E-state index in [4.69, 9.17) is 9.81 Å². The fourth-order valence-electron chi connectivity index (χ4n) is 2.73. The summed E-state index contributed by atoms with van der Waals surface area (Å²) in [5, 5.41) is 13.6. The van der Waals surface area contributed by atoms with Crippen LogP contribution in [-0.2, 0) is 23.9 Å². The van der Waals surface area contributed by atoms with E-state index >= 15 is 0 Å². The molecule has 3 rings (SSSR count). The van der Waals surface area contributed by atoms with E-state index in [0.29, 0.717) is 12.0 Å². The maximum Gasteiger partial charge on any atom is 0.153 e. The molecule has 0 bridgehead atoms. The molecule has 2 aromatic heterocycles. The van der Waals surface area contributed by atoms with E-state index in [2.05, 4.69) is 18.1 Å². The van der Waals surface area contributed by atoms with Crippen molar-refractivity contribution in [1.29, 1.82) is 5.26 Å². The number of aromatic nitrogens is 2. The first-order valence-corrected chi connectivity index (χ1v) is 8.98. The second-order valence-corrected chi connectivity index (χ2v) is 6.54. The summed E-state index contributed by atoms with van der Waals surface area (Å²) in [6.45, 7) is 2.07. The summed E-state index contributed by atoms with van der Waals surface area (Å²) < 4.78 is 21.9. The summed E-state index contributed by atoms with van der Waals surface area (Å²) in [5.41, 5.74) is 5.47. The summed E-state index contributed by atoms with van der Waals surface area (Å²) in [4.78, 5) is 0. The molecule has 1 N–H and O–H groups in total. The van der Waals surface area contributed by atoms with Gasteiger partial charge in [0.15, 0.2) is 11.1 Å². The van der Waals surface area contributed by atoms with E-state index in [0.717, 1.165) is 34.5 Å². The molecule has 1 aromatic carbocycles. The first-order valence-electron chi connectivity index (χ1n) is 7.71. The van der Waals surface area contributed by atoms with Crippen LogP contribution in [0.1, 0.15) is 23.9 Å². The summed E-state index contributed by atoms with van der Waals surface area (Å²) in [5.74, 6) is 0.161. The van der Waals surface area contributed by atoms with Gasteiger partial charge in [0, 0.05) is 17.7 Å². The van der Waals surface area contributed by atoms with Crippen LogP contribution in [-0.4, -0.2) is 24.1 Å². The Morgan fingerprint density at radius 3 is 2.62 bits per heavy atom. The van der Waals surface area contributed by atoms with Crippen molar-refractivity contribution in [2.24, 2.45) is 0 Å². The van der Waals surface area contributed by atoms with Crippen LogP contribution in [0.4, 0.5) is 0 Å². The average molecular weight is 339 g/mol. The molecular weight excluding hydrogens is 322 g/mol. The second kappa shape index (κ2) is 6.95. The highest BCUT2D eigenvalue weighted by Crippen LogP contribution is 2.27. The maximum absolute atomic E-state index is 11.0. The zero-order valence-electron chi connectivity index (χ0n) is 13.3. The first-order chi connectivity index (χ1) is 11.6. The lowest BCUT2D eigenvalue weighted by molar-refractivity contribution is 0.563. The molecule has 5 nitrogen and oxygen atoms in total. The molecule has 0 saturated heterocycles. The van der Waals surface area contributed by atoms with Crippen LogP contribution in [0.25, 0.3) is 16.6 Å². The van der Waals surface area contributed by atoms with Gasteiger partial charge in [-0.2, -0.15) is 10.4 Å². The summed E-state index contributed by atoms with van der Waals surface area (Å²) in [7, 11) is 0. The van der Waals surface area contributed by atoms with Gasteiger partial charge in [0.25, 0.3) is 0 Å². The molecule has 2 heterocycles. The monoisotopic (exact) mass is 339 g/mol. The van der Waals surface area contributed by atoms with Gasteiger partial charge in [-0.1, -0.05) is 19.1 Å². The van der Waals surface area contributed by atoms with Gasteiger partial charge in [-0.05, 0) is 42.3 Å². The van der Waals surface area contributed by atoms with Gasteiger partial charge in [0.2, 0.25) is 0 Å². The van der Waals surface area contributed by atoms with Gasteiger partial charge in [-0.3, -0.25) is 0 Å². The normalized spacial score (nSPS) is 12.2.